The van der Waals surface area contributed by atoms with Gasteiger partial charge in [0, 0.05) is 28.7 Å². The van der Waals surface area contributed by atoms with Gasteiger partial charge < -0.3 is 24.8 Å². The number of nitrogens with two attached hydrogens (primary N) is 1. The van der Waals surface area contributed by atoms with E-state index in [9.17, 15) is 8.42 Å². The number of methoxy groups -OCH3 is 3. The molecule has 2 heterocycles. The van der Waals surface area contributed by atoms with E-state index in [1.807, 2.05) is 47.4 Å². The van der Waals surface area contributed by atoms with Gasteiger partial charge in [0.2, 0.25) is 9.84 Å². The number of rotatable bonds is 6. The number of sulfone groups is 1. The zero-order chi connectivity index (χ0) is 26.3. The van der Waals surface area contributed by atoms with Gasteiger partial charge in [0.25, 0.3) is 0 Å². The normalized spacial score (nSPS) is 17.0. The Morgan fingerprint density at radius 2 is 1.68 bits per heavy atom. The number of hydrogen-bond acceptors (Lipinski definition) is 7. The Bertz CT molecular complexity index is 1550. The van der Waals surface area contributed by atoms with E-state index < -0.39 is 15.8 Å². The van der Waals surface area contributed by atoms with Crippen LogP contribution < -0.4 is 19.9 Å². The Morgan fingerprint density at radius 3 is 2.38 bits per heavy atom. The summed E-state index contributed by atoms with van der Waals surface area (Å²) in [6.07, 6.45) is 2.61. The SMILES string of the molecule is COc1cccc(C2C=C3c4cc(OC)c(OC)cc4CCN3C(N)=C2S(=O)(=O)c2cccc(Cl)c2)c1. The average molecular weight is 539 g/mol. The van der Waals surface area contributed by atoms with Crippen LogP contribution in [0.3, 0.4) is 0 Å². The maximum atomic E-state index is 14.1. The summed E-state index contributed by atoms with van der Waals surface area (Å²) in [5.41, 5.74) is 10.3. The van der Waals surface area contributed by atoms with Crippen molar-refractivity contribution >= 4 is 27.1 Å². The molecule has 0 amide bonds. The molecule has 192 valence electrons. The first-order chi connectivity index (χ1) is 17.8. The number of ether oxygens (including phenoxy) is 3. The summed E-state index contributed by atoms with van der Waals surface area (Å²) in [7, 11) is 0.760. The molecule has 37 heavy (non-hydrogen) atoms. The van der Waals surface area contributed by atoms with Gasteiger partial charge in [-0.1, -0.05) is 29.8 Å². The summed E-state index contributed by atoms with van der Waals surface area (Å²) < 4.78 is 44.6. The van der Waals surface area contributed by atoms with Gasteiger partial charge >= 0.3 is 0 Å². The molecule has 0 saturated heterocycles. The highest BCUT2D eigenvalue weighted by Gasteiger charge is 2.39. The van der Waals surface area contributed by atoms with E-state index in [-0.39, 0.29) is 15.6 Å². The Labute approximate surface area is 221 Å². The molecule has 1 unspecified atom stereocenters. The maximum absolute atomic E-state index is 14.1. The zero-order valence-corrected chi connectivity index (χ0v) is 22.3. The number of nitrogens with zero attached hydrogens (tertiary/aromatic N) is 1. The second-order valence-electron chi connectivity index (χ2n) is 8.78. The molecule has 7 nitrogen and oxygen atoms in total. The lowest BCUT2D eigenvalue weighted by Gasteiger charge is -2.39. The van der Waals surface area contributed by atoms with E-state index in [1.165, 1.54) is 12.1 Å². The Balaban J connectivity index is 1.75. The van der Waals surface area contributed by atoms with Crippen molar-refractivity contribution in [3.63, 3.8) is 0 Å². The molecular formula is C28H27ClN2O5S. The third kappa shape index (κ3) is 4.30. The molecule has 3 aromatic rings. The molecular weight excluding hydrogens is 512 g/mol. The van der Waals surface area contributed by atoms with Crippen LogP contribution in [0.2, 0.25) is 5.02 Å². The molecule has 0 aromatic heterocycles. The topological polar surface area (TPSA) is 91.1 Å². The molecule has 0 bridgehead atoms. The Hall–Kier alpha value is -3.62. The van der Waals surface area contributed by atoms with Crippen LogP contribution in [0.1, 0.15) is 22.6 Å². The van der Waals surface area contributed by atoms with Crippen molar-refractivity contribution in [2.75, 3.05) is 27.9 Å². The van der Waals surface area contributed by atoms with Crippen molar-refractivity contribution in [2.24, 2.45) is 5.73 Å². The fourth-order valence-electron chi connectivity index (χ4n) is 4.97. The lowest BCUT2D eigenvalue weighted by atomic mass is 9.88. The molecule has 0 fully saturated rings. The lowest BCUT2D eigenvalue weighted by molar-refractivity contribution is 0.353. The number of allylic oxidation sites excluding steroid dienone is 2. The third-order valence-electron chi connectivity index (χ3n) is 6.78. The smallest absolute Gasteiger partial charge is 0.207 e. The Kier molecular flexibility index (Phi) is 6.56. The third-order valence-corrected chi connectivity index (χ3v) is 8.93. The van der Waals surface area contributed by atoms with Crippen LogP contribution >= 0.6 is 11.6 Å². The van der Waals surface area contributed by atoms with Crippen molar-refractivity contribution in [3.05, 3.63) is 99.2 Å². The Morgan fingerprint density at radius 1 is 0.946 bits per heavy atom. The predicted molar refractivity (Wildman–Crippen MR) is 144 cm³/mol. The second kappa shape index (κ2) is 9.68. The molecule has 0 spiro atoms. The monoisotopic (exact) mass is 538 g/mol. The summed E-state index contributed by atoms with van der Waals surface area (Å²) in [6.45, 7) is 0.513. The van der Waals surface area contributed by atoms with Crippen molar-refractivity contribution in [1.82, 2.24) is 4.90 Å². The van der Waals surface area contributed by atoms with E-state index in [4.69, 9.17) is 31.5 Å². The highest BCUT2D eigenvalue weighted by atomic mass is 35.5. The van der Waals surface area contributed by atoms with Crippen LogP contribution in [0, 0.1) is 0 Å². The molecule has 9 heteroatoms. The minimum Gasteiger partial charge on any atom is -0.497 e. The van der Waals surface area contributed by atoms with Gasteiger partial charge in [-0.15, -0.1) is 0 Å². The zero-order valence-electron chi connectivity index (χ0n) is 20.7. The molecule has 0 aliphatic carbocycles. The number of benzene rings is 3. The number of halogens is 1. The molecule has 1 atom stereocenters. The quantitative estimate of drug-likeness (QED) is 0.474. The summed E-state index contributed by atoms with van der Waals surface area (Å²) in [4.78, 5) is 2.06. The van der Waals surface area contributed by atoms with E-state index >= 15 is 0 Å². The van der Waals surface area contributed by atoms with Crippen LogP contribution in [0.4, 0.5) is 0 Å². The molecule has 5 rings (SSSR count). The number of hydrogen-bond donors (Lipinski definition) is 1. The minimum absolute atomic E-state index is 0.0894. The maximum Gasteiger partial charge on any atom is 0.207 e. The summed E-state index contributed by atoms with van der Waals surface area (Å²) >= 11 is 6.17. The molecule has 3 aromatic carbocycles. The van der Waals surface area contributed by atoms with Crippen LogP contribution in [0.5, 0.6) is 17.2 Å². The fraction of sp³-hybridized carbons (Fsp3) is 0.214. The second-order valence-corrected chi connectivity index (χ2v) is 11.1. The van der Waals surface area contributed by atoms with Crippen LogP contribution in [0.25, 0.3) is 5.70 Å². The molecule has 2 aliphatic heterocycles. The first-order valence-electron chi connectivity index (χ1n) is 11.7. The first-order valence-corrected chi connectivity index (χ1v) is 13.5. The van der Waals surface area contributed by atoms with Gasteiger partial charge in [-0.3, -0.25) is 0 Å². The predicted octanol–water partition coefficient (Wildman–Crippen LogP) is 4.96. The minimum atomic E-state index is -4.00. The first kappa shape index (κ1) is 25.0. The highest BCUT2D eigenvalue weighted by molar-refractivity contribution is 7.95. The fourth-order valence-corrected chi connectivity index (χ4v) is 6.94. The summed E-state index contributed by atoms with van der Waals surface area (Å²) in [5, 5.41) is 0.332. The van der Waals surface area contributed by atoms with E-state index in [2.05, 4.69) is 0 Å². The summed E-state index contributed by atoms with van der Waals surface area (Å²) in [5.74, 6) is 1.37. The van der Waals surface area contributed by atoms with Crippen molar-refractivity contribution in [2.45, 2.75) is 17.2 Å². The van der Waals surface area contributed by atoms with Gasteiger partial charge in [-0.2, -0.15) is 0 Å². The van der Waals surface area contributed by atoms with E-state index in [0.29, 0.717) is 35.2 Å². The molecule has 2 aliphatic rings. The van der Waals surface area contributed by atoms with Crippen LogP contribution in [-0.2, 0) is 16.3 Å². The van der Waals surface area contributed by atoms with Gasteiger partial charge in [0.15, 0.2) is 11.5 Å². The largest absolute Gasteiger partial charge is 0.497 e. The van der Waals surface area contributed by atoms with Crippen molar-refractivity contribution in [1.29, 1.82) is 0 Å². The van der Waals surface area contributed by atoms with E-state index in [0.717, 1.165) is 22.4 Å². The van der Waals surface area contributed by atoms with Crippen molar-refractivity contribution < 1.29 is 22.6 Å². The highest BCUT2D eigenvalue weighted by Crippen LogP contribution is 2.47. The van der Waals surface area contributed by atoms with Crippen LogP contribution in [-0.4, -0.2) is 41.2 Å². The summed E-state index contributed by atoms with van der Waals surface area (Å²) in [6, 6.07) is 17.5. The molecule has 0 radical (unpaired) electrons. The van der Waals surface area contributed by atoms with Gasteiger partial charge in [0.1, 0.15) is 16.5 Å². The van der Waals surface area contributed by atoms with Crippen molar-refractivity contribution in [3.8, 4) is 17.2 Å². The molecule has 2 N–H and O–H groups in total. The standard InChI is InChI=1S/C28H27ClN2O5S/c1-34-20-8-4-6-17(12-20)23-15-24-22-16-26(36-3)25(35-2)13-18(22)10-11-31(24)28(30)27(23)37(32,33)21-9-5-7-19(29)14-21/h4-9,12-16,23H,10-11,30H2,1-3H3. The number of fused-ring (bicyclic) bond motifs is 3. The van der Waals surface area contributed by atoms with Gasteiger partial charge in [-0.05, 0) is 66.1 Å². The van der Waals surface area contributed by atoms with E-state index in [1.54, 1.807) is 33.5 Å². The van der Waals surface area contributed by atoms with Gasteiger partial charge in [0.05, 0.1) is 26.2 Å². The lowest BCUT2D eigenvalue weighted by Crippen LogP contribution is -2.38. The average Bonchev–Trinajstić information content (AvgIpc) is 2.91. The molecule has 0 saturated carbocycles. The van der Waals surface area contributed by atoms with Gasteiger partial charge in [-0.25, -0.2) is 8.42 Å². The van der Waals surface area contributed by atoms with Crippen LogP contribution in [0.15, 0.2) is 82.4 Å².